The van der Waals surface area contributed by atoms with Crippen molar-refractivity contribution >= 4 is 5.91 Å². The summed E-state index contributed by atoms with van der Waals surface area (Å²) >= 11 is 0. The second-order valence-corrected chi connectivity index (χ2v) is 7.37. The molecule has 0 aliphatic heterocycles. The third-order valence-corrected chi connectivity index (χ3v) is 4.72. The highest BCUT2D eigenvalue weighted by Crippen LogP contribution is 2.08. The molecule has 0 aliphatic rings. The molecule has 0 saturated heterocycles. The van der Waals surface area contributed by atoms with Crippen molar-refractivity contribution in [3.63, 3.8) is 0 Å². The summed E-state index contributed by atoms with van der Waals surface area (Å²) in [5.74, 6) is 0.0848. The molecule has 0 saturated carbocycles. The lowest BCUT2D eigenvalue weighted by atomic mass is 10.1. The van der Waals surface area contributed by atoms with Gasteiger partial charge >= 0.3 is 0 Å². The minimum absolute atomic E-state index is 0.0848. The van der Waals surface area contributed by atoms with Crippen molar-refractivity contribution in [3.8, 4) is 0 Å². The number of nitrogens with one attached hydrogen (secondary N) is 2. The highest BCUT2D eigenvalue weighted by Gasteiger charge is 2.00. The van der Waals surface area contributed by atoms with Gasteiger partial charge in [-0.05, 0) is 44.1 Å². The minimum atomic E-state index is 0.0848. The van der Waals surface area contributed by atoms with Crippen LogP contribution in [0.25, 0.3) is 0 Å². The van der Waals surface area contributed by atoms with E-state index in [9.17, 15) is 4.79 Å². The number of carbonyl (C=O) groups excluding carboxylic acids is 1. The highest BCUT2D eigenvalue weighted by molar-refractivity contribution is 5.75. The number of allylic oxidation sites excluding steroid dienone is 4. The largest absolute Gasteiger partial charge is 0.291 e. The predicted molar refractivity (Wildman–Crippen MR) is 121 cm³/mol. The maximum Gasteiger partial charge on any atom is 0.234 e. The van der Waals surface area contributed by atoms with Crippen molar-refractivity contribution in [1.29, 1.82) is 0 Å². The van der Waals surface area contributed by atoms with Crippen LogP contribution in [-0.4, -0.2) is 5.91 Å². The monoisotopic (exact) mass is 384 g/mol. The molecule has 0 bridgehead atoms. The zero-order valence-electron chi connectivity index (χ0n) is 17.8. The maximum absolute atomic E-state index is 11.8. The van der Waals surface area contributed by atoms with Crippen molar-refractivity contribution in [2.75, 3.05) is 0 Å². The molecule has 0 unspecified atom stereocenters. The Balaban J connectivity index is 1.84. The van der Waals surface area contributed by atoms with E-state index in [1.54, 1.807) is 0 Å². The molecule has 0 aromatic heterocycles. The summed E-state index contributed by atoms with van der Waals surface area (Å²) in [6.07, 6.45) is 23.1. The van der Waals surface area contributed by atoms with Crippen LogP contribution in [0.15, 0.2) is 54.6 Å². The maximum atomic E-state index is 11.8. The quantitative estimate of drug-likeness (QED) is 0.180. The molecule has 0 heterocycles. The normalized spacial score (nSPS) is 11.5. The molecule has 0 aliphatic carbocycles. The van der Waals surface area contributed by atoms with E-state index in [4.69, 9.17) is 0 Å². The molecule has 2 N–H and O–H groups in total. The van der Waals surface area contributed by atoms with E-state index in [-0.39, 0.29) is 5.91 Å². The zero-order valence-corrected chi connectivity index (χ0v) is 17.8. The van der Waals surface area contributed by atoms with E-state index in [0.717, 1.165) is 19.3 Å². The molecule has 3 nitrogen and oxygen atoms in total. The lowest BCUT2D eigenvalue weighted by Crippen LogP contribution is -2.36. The Morgan fingerprint density at radius 3 is 2.18 bits per heavy atom. The smallest absolute Gasteiger partial charge is 0.234 e. The molecule has 1 amide bonds. The first-order valence-electron chi connectivity index (χ1n) is 11.2. The Hall–Kier alpha value is -1.87. The van der Waals surface area contributed by atoms with Gasteiger partial charge in [0, 0.05) is 13.0 Å². The Morgan fingerprint density at radius 2 is 1.46 bits per heavy atom. The molecular formula is C25H40N2O. The van der Waals surface area contributed by atoms with Crippen LogP contribution in [0, 0.1) is 0 Å². The SMILES string of the molecule is CCCCC/C=C\C/C=C\CCCCCCCC(=O)NNCc1ccccc1. The molecule has 0 spiro atoms. The predicted octanol–water partition coefficient (Wildman–Crippen LogP) is 6.62. The van der Waals surface area contributed by atoms with Gasteiger partial charge in [0.2, 0.25) is 5.91 Å². The second kappa shape index (κ2) is 18.5. The summed E-state index contributed by atoms with van der Waals surface area (Å²) < 4.78 is 0. The average molecular weight is 385 g/mol. The molecule has 1 rings (SSSR count). The van der Waals surface area contributed by atoms with Gasteiger partial charge in [0.05, 0.1) is 0 Å². The van der Waals surface area contributed by atoms with Crippen LogP contribution >= 0.6 is 0 Å². The second-order valence-electron chi connectivity index (χ2n) is 7.37. The van der Waals surface area contributed by atoms with Crippen LogP contribution in [0.3, 0.4) is 0 Å². The Bertz CT molecular complexity index is 537. The van der Waals surface area contributed by atoms with Crippen LogP contribution < -0.4 is 10.9 Å². The zero-order chi connectivity index (χ0) is 20.1. The molecule has 3 heteroatoms. The third-order valence-electron chi connectivity index (χ3n) is 4.72. The standard InChI is InChI=1S/C25H40N2O/c1-2-3-4-5-6-7-8-9-10-11-12-13-14-15-19-22-25(28)27-26-23-24-20-17-16-18-21-24/h6-7,9-10,16-18,20-21,26H,2-5,8,11-15,19,22-23H2,1H3,(H,27,28)/b7-6-,10-9-. The molecule has 0 radical (unpaired) electrons. The summed E-state index contributed by atoms with van der Waals surface area (Å²) in [5, 5.41) is 0. The van der Waals surface area contributed by atoms with E-state index in [1.165, 1.54) is 56.9 Å². The molecule has 1 aromatic carbocycles. The van der Waals surface area contributed by atoms with E-state index in [1.807, 2.05) is 30.3 Å². The van der Waals surface area contributed by atoms with Crippen LogP contribution in [-0.2, 0) is 11.3 Å². The molecular weight excluding hydrogens is 344 g/mol. The first-order valence-corrected chi connectivity index (χ1v) is 11.2. The van der Waals surface area contributed by atoms with Crippen molar-refractivity contribution in [1.82, 2.24) is 10.9 Å². The molecule has 0 atom stereocenters. The fourth-order valence-electron chi connectivity index (χ4n) is 3.00. The summed E-state index contributed by atoms with van der Waals surface area (Å²) in [5.41, 5.74) is 6.94. The van der Waals surface area contributed by atoms with Gasteiger partial charge in [0.15, 0.2) is 0 Å². The number of hydrogen-bond donors (Lipinski definition) is 2. The topological polar surface area (TPSA) is 41.1 Å². The van der Waals surface area contributed by atoms with Crippen molar-refractivity contribution < 1.29 is 4.79 Å². The van der Waals surface area contributed by atoms with Gasteiger partial charge in [-0.15, -0.1) is 0 Å². The first kappa shape index (κ1) is 24.2. The van der Waals surface area contributed by atoms with Crippen LogP contribution in [0.2, 0.25) is 0 Å². The fraction of sp³-hybridized carbons (Fsp3) is 0.560. The van der Waals surface area contributed by atoms with Crippen molar-refractivity contribution in [3.05, 3.63) is 60.2 Å². The number of benzene rings is 1. The summed E-state index contributed by atoms with van der Waals surface area (Å²) in [6, 6.07) is 10.1. The van der Waals surface area contributed by atoms with Gasteiger partial charge in [-0.2, -0.15) is 0 Å². The third kappa shape index (κ3) is 15.2. The van der Waals surface area contributed by atoms with Crippen LogP contribution in [0.5, 0.6) is 0 Å². The van der Waals surface area contributed by atoms with E-state index >= 15 is 0 Å². The fourth-order valence-corrected chi connectivity index (χ4v) is 3.00. The first-order chi connectivity index (χ1) is 13.8. The van der Waals surface area contributed by atoms with E-state index < -0.39 is 0 Å². The Kier molecular flexibility index (Phi) is 16.0. The number of carbonyl (C=O) groups is 1. The lowest BCUT2D eigenvalue weighted by Gasteiger charge is -2.07. The minimum Gasteiger partial charge on any atom is -0.291 e. The molecule has 0 fully saturated rings. The highest BCUT2D eigenvalue weighted by atomic mass is 16.2. The van der Waals surface area contributed by atoms with E-state index in [0.29, 0.717) is 13.0 Å². The summed E-state index contributed by atoms with van der Waals surface area (Å²) in [4.78, 5) is 11.8. The van der Waals surface area contributed by atoms with Gasteiger partial charge in [-0.25, -0.2) is 5.43 Å². The molecule has 156 valence electrons. The number of unbranched alkanes of at least 4 members (excludes halogenated alkanes) is 8. The van der Waals surface area contributed by atoms with Crippen molar-refractivity contribution in [2.24, 2.45) is 0 Å². The summed E-state index contributed by atoms with van der Waals surface area (Å²) in [6.45, 7) is 2.91. The summed E-state index contributed by atoms with van der Waals surface area (Å²) in [7, 11) is 0. The number of hydrogen-bond acceptors (Lipinski definition) is 2. The number of hydrazine groups is 1. The average Bonchev–Trinajstić information content (AvgIpc) is 2.71. The van der Waals surface area contributed by atoms with Gasteiger partial charge in [-0.1, -0.05) is 93.7 Å². The number of rotatable bonds is 17. The van der Waals surface area contributed by atoms with Gasteiger partial charge < -0.3 is 0 Å². The Labute approximate surface area is 172 Å². The lowest BCUT2D eigenvalue weighted by molar-refractivity contribution is -0.122. The van der Waals surface area contributed by atoms with E-state index in [2.05, 4.69) is 42.1 Å². The van der Waals surface area contributed by atoms with Gasteiger partial charge in [0.1, 0.15) is 0 Å². The van der Waals surface area contributed by atoms with Gasteiger partial charge in [0.25, 0.3) is 0 Å². The van der Waals surface area contributed by atoms with Crippen molar-refractivity contribution in [2.45, 2.75) is 90.5 Å². The number of amides is 1. The Morgan fingerprint density at radius 1 is 0.821 bits per heavy atom. The van der Waals surface area contributed by atoms with Crippen LogP contribution in [0.1, 0.15) is 89.5 Å². The molecule has 1 aromatic rings. The van der Waals surface area contributed by atoms with Crippen LogP contribution in [0.4, 0.5) is 0 Å². The van der Waals surface area contributed by atoms with Gasteiger partial charge in [-0.3, -0.25) is 10.2 Å². The molecule has 28 heavy (non-hydrogen) atoms.